The maximum absolute atomic E-state index is 12.3. The molecule has 2 aromatic carbocycles. The van der Waals surface area contributed by atoms with Gasteiger partial charge in [0.1, 0.15) is 11.5 Å². The fourth-order valence-electron chi connectivity index (χ4n) is 2.39. The van der Waals surface area contributed by atoms with Gasteiger partial charge in [-0.1, -0.05) is 69.3 Å². The van der Waals surface area contributed by atoms with Crippen molar-refractivity contribution in [2.75, 3.05) is 13.2 Å². The lowest BCUT2D eigenvalue weighted by Crippen LogP contribution is -2.25. The van der Waals surface area contributed by atoms with Gasteiger partial charge in [-0.3, -0.25) is 0 Å². The molecule has 36 heavy (non-hydrogen) atoms. The highest BCUT2D eigenvalue weighted by Gasteiger charge is 2.34. The van der Waals surface area contributed by atoms with Crippen molar-refractivity contribution < 1.29 is 42.1 Å². The van der Waals surface area contributed by atoms with Crippen LogP contribution in [0.5, 0.6) is 11.5 Å². The second-order valence-corrected chi connectivity index (χ2v) is 9.37. The van der Waals surface area contributed by atoms with E-state index in [1.54, 1.807) is 26.0 Å². The van der Waals surface area contributed by atoms with Crippen LogP contribution < -0.4 is 9.47 Å². The fourth-order valence-corrected chi connectivity index (χ4v) is 4.14. The van der Waals surface area contributed by atoms with Gasteiger partial charge in [-0.25, -0.2) is 9.59 Å². The van der Waals surface area contributed by atoms with Crippen molar-refractivity contribution in [3.63, 3.8) is 0 Å². The molecule has 9 nitrogen and oxygen atoms in total. The Morgan fingerprint density at radius 1 is 0.750 bits per heavy atom. The molecule has 2 rings (SSSR count). The third-order valence-corrected chi connectivity index (χ3v) is 5.95. The molecule has 0 aliphatic carbocycles. The van der Waals surface area contributed by atoms with Crippen molar-refractivity contribution in [2.24, 2.45) is 0 Å². The highest BCUT2D eigenvalue weighted by atomic mass is 35.5. The van der Waals surface area contributed by atoms with Crippen molar-refractivity contribution in [3.05, 3.63) is 56.5 Å². The van der Waals surface area contributed by atoms with Gasteiger partial charge in [0.15, 0.2) is 13.2 Å². The minimum Gasteiger partial charge on any atom is -0.480 e. The van der Waals surface area contributed by atoms with E-state index in [0.29, 0.717) is 10.0 Å². The standard InChI is InChI=1S/C22H22Cl4O9P/c1-3-21(32-19(27)11-30-17-7-5-13(23)9-15(17)25)34-36(29)35-22(4-2)33-20(28)12-31-18-8-6-14(24)10-16(18)26/h5-10,21-22H,3-4,11-12H2,1-2H3/q+1. The van der Waals surface area contributed by atoms with Crippen LogP contribution in [0.25, 0.3) is 0 Å². The molecule has 0 fully saturated rings. The second kappa shape index (κ2) is 15.4. The minimum absolute atomic E-state index is 0.157. The van der Waals surface area contributed by atoms with Crippen LogP contribution in [0.3, 0.4) is 0 Å². The fraction of sp³-hybridized carbons (Fsp3) is 0.364. The Morgan fingerprint density at radius 2 is 1.14 bits per heavy atom. The van der Waals surface area contributed by atoms with E-state index in [-0.39, 0.29) is 34.4 Å². The minimum atomic E-state index is -2.81. The largest absolute Gasteiger partial charge is 0.705 e. The van der Waals surface area contributed by atoms with E-state index in [2.05, 4.69) is 0 Å². The summed E-state index contributed by atoms with van der Waals surface area (Å²) in [6.45, 7) is 2.31. The molecule has 0 spiro atoms. The third-order valence-electron chi connectivity index (χ3n) is 4.08. The molecule has 0 aromatic heterocycles. The van der Waals surface area contributed by atoms with Crippen LogP contribution in [0, 0.1) is 0 Å². The van der Waals surface area contributed by atoms with Gasteiger partial charge in [-0.05, 0) is 36.4 Å². The van der Waals surface area contributed by atoms with Gasteiger partial charge >= 0.3 is 20.2 Å². The summed E-state index contributed by atoms with van der Waals surface area (Å²) in [4.78, 5) is 24.1. The van der Waals surface area contributed by atoms with Crippen molar-refractivity contribution in [2.45, 2.75) is 39.3 Å². The maximum Gasteiger partial charge on any atom is 0.705 e. The summed E-state index contributed by atoms with van der Waals surface area (Å²) in [5.74, 6) is -1.13. The molecule has 0 radical (unpaired) electrons. The molecular weight excluding hydrogens is 581 g/mol. The van der Waals surface area contributed by atoms with Crippen molar-refractivity contribution >= 4 is 66.6 Å². The molecule has 14 heteroatoms. The summed E-state index contributed by atoms with van der Waals surface area (Å²) in [5, 5.41) is 1.26. The summed E-state index contributed by atoms with van der Waals surface area (Å²) in [6.07, 6.45) is -2.09. The summed E-state index contributed by atoms with van der Waals surface area (Å²) < 4.78 is 43.3. The zero-order valence-corrected chi connectivity index (χ0v) is 23.0. The molecule has 2 aromatic rings. The molecule has 196 valence electrons. The van der Waals surface area contributed by atoms with Crippen molar-refractivity contribution in [3.8, 4) is 11.5 Å². The topological polar surface area (TPSA) is 107 Å². The average Bonchev–Trinajstić information content (AvgIpc) is 2.82. The van der Waals surface area contributed by atoms with Crippen LogP contribution in [0.2, 0.25) is 20.1 Å². The number of ether oxygens (including phenoxy) is 4. The summed E-state index contributed by atoms with van der Waals surface area (Å²) in [5.41, 5.74) is 0. The predicted octanol–water partition coefficient (Wildman–Crippen LogP) is 7.01. The summed E-state index contributed by atoms with van der Waals surface area (Å²) >= 11 is 23.6. The molecule has 0 aliphatic heterocycles. The molecule has 0 saturated heterocycles. The molecular formula is C22H22Cl4O9P+. The van der Waals surface area contributed by atoms with Crippen LogP contribution in [-0.2, 0) is 32.7 Å². The molecule has 0 saturated carbocycles. The molecule has 2 unspecified atom stereocenters. The van der Waals surface area contributed by atoms with Gasteiger partial charge in [-0.15, -0.1) is 0 Å². The van der Waals surface area contributed by atoms with Crippen LogP contribution >= 0.6 is 54.7 Å². The molecule has 0 N–H and O–H groups in total. The first-order valence-electron chi connectivity index (χ1n) is 10.5. The monoisotopic (exact) mass is 601 g/mol. The van der Waals surface area contributed by atoms with E-state index in [0.717, 1.165) is 0 Å². The zero-order valence-electron chi connectivity index (χ0n) is 19.1. The quantitative estimate of drug-likeness (QED) is 0.128. The Hall–Kier alpha value is -1.84. The SMILES string of the molecule is CCC(OC(=O)COc1ccc(Cl)cc1Cl)O[P+](=O)OC(CC)OC(=O)COc1ccc(Cl)cc1Cl. The number of carbonyl (C=O) groups is 2. The summed E-state index contributed by atoms with van der Waals surface area (Å²) in [6, 6.07) is 9.00. The van der Waals surface area contributed by atoms with Crippen LogP contribution in [0.4, 0.5) is 0 Å². The normalized spacial score (nSPS) is 12.9. The van der Waals surface area contributed by atoms with Gasteiger partial charge in [0.2, 0.25) is 0 Å². The molecule has 2 atom stereocenters. The van der Waals surface area contributed by atoms with Gasteiger partial charge in [0.05, 0.1) is 10.0 Å². The first-order chi connectivity index (χ1) is 17.1. The maximum atomic E-state index is 12.3. The molecule has 0 amide bonds. The first-order valence-corrected chi connectivity index (χ1v) is 13.1. The highest BCUT2D eigenvalue weighted by molar-refractivity contribution is 7.33. The lowest BCUT2D eigenvalue weighted by Gasteiger charge is -2.13. The number of benzene rings is 2. The van der Waals surface area contributed by atoms with E-state index in [4.69, 9.17) is 74.4 Å². The Bertz CT molecular complexity index is 988. The number of carbonyl (C=O) groups excluding carboxylic acids is 2. The summed E-state index contributed by atoms with van der Waals surface area (Å²) in [7, 11) is -2.81. The number of esters is 2. The van der Waals surface area contributed by atoms with Crippen molar-refractivity contribution in [1.82, 2.24) is 0 Å². The molecule has 0 bridgehead atoms. The number of hydrogen-bond donors (Lipinski definition) is 0. The van der Waals surface area contributed by atoms with E-state index in [9.17, 15) is 14.2 Å². The Labute approximate surface area is 228 Å². The molecule has 0 aliphatic rings. The average molecular weight is 603 g/mol. The number of halogens is 4. The van der Waals surface area contributed by atoms with E-state index in [1.165, 1.54) is 24.3 Å². The van der Waals surface area contributed by atoms with E-state index < -0.39 is 46.0 Å². The van der Waals surface area contributed by atoms with E-state index in [1.807, 2.05) is 0 Å². The smallest absolute Gasteiger partial charge is 0.480 e. The first kappa shape index (κ1) is 30.4. The van der Waals surface area contributed by atoms with Gasteiger partial charge in [-0.2, -0.15) is 0 Å². The second-order valence-electron chi connectivity index (χ2n) is 6.82. The molecule has 0 heterocycles. The van der Waals surface area contributed by atoms with Gasteiger partial charge in [0.25, 0.3) is 12.6 Å². The Kier molecular flexibility index (Phi) is 13.0. The van der Waals surface area contributed by atoms with Gasteiger partial charge < -0.3 is 18.9 Å². The van der Waals surface area contributed by atoms with Crippen LogP contribution in [-0.4, -0.2) is 37.7 Å². The van der Waals surface area contributed by atoms with E-state index >= 15 is 0 Å². The number of hydrogen-bond acceptors (Lipinski definition) is 9. The Morgan fingerprint density at radius 3 is 1.47 bits per heavy atom. The predicted molar refractivity (Wildman–Crippen MR) is 134 cm³/mol. The zero-order chi connectivity index (χ0) is 26.7. The lowest BCUT2D eigenvalue weighted by atomic mass is 10.3. The highest BCUT2D eigenvalue weighted by Crippen LogP contribution is 2.32. The van der Waals surface area contributed by atoms with Crippen LogP contribution in [0.15, 0.2) is 36.4 Å². The third kappa shape index (κ3) is 10.6. The lowest BCUT2D eigenvalue weighted by molar-refractivity contribution is -0.172. The Balaban J connectivity index is 1.77. The van der Waals surface area contributed by atoms with Gasteiger partial charge in [0, 0.05) is 27.5 Å². The van der Waals surface area contributed by atoms with Crippen molar-refractivity contribution in [1.29, 1.82) is 0 Å². The van der Waals surface area contributed by atoms with Crippen LogP contribution in [0.1, 0.15) is 26.7 Å². The number of rotatable bonds is 14.